The zero-order chi connectivity index (χ0) is 15.3. The minimum absolute atomic E-state index is 0.259. The summed E-state index contributed by atoms with van der Waals surface area (Å²) in [6.07, 6.45) is 11.0. The van der Waals surface area contributed by atoms with Crippen LogP contribution in [-0.2, 0) is 4.74 Å². The summed E-state index contributed by atoms with van der Waals surface area (Å²) in [5.41, 5.74) is -0.418. The van der Waals surface area contributed by atoms with Crippen LogP contribution in [0.2, 0.25) is 0 Å². The maximum atomic E-state index is 11.9. The van der Waals surface area contributed by atoms with Crippen molar-refractivity contribution in [3.63, 3.8) is 0 Å². The molecule has 0 bridgehead atoms. The van der Waals surface area contributed by atoms with E-state index in [-0.39, 0.29) is 12.1 Å². The largest absolute Gasteiger partial charge is 0.444 e. The maximum Gasteiger partial charge on any atom is 0.407 e. The summed E-state index contributed by atoms with van der Waals surface area (Å²) in [7, 11) is 0. The molecule has 4 heteroatoms. The lowest BCUT2D eigenvalue weighted by molar-refractivity contribution is 0.0487. The summed E-state index contributed by atoms with van der Waals surface area (Å²) >= 11 is 0. The highest BCUT2D eigenvalue weighted by Crippen LogP contribution is 2.23. The molecule has 0 spiro atoms. The summed E-state index contributed by atoms with van der Waals surface area (Å²) in [6.45, 7) is 5.71. The summed E-state index contributed by atoms with van der Waals surface area (Å²) in [5.74, 6) is 0. The van der Waals surface area contributed by atoms with Gasteiger partial charge in [0.2, 0.25) is 0 Å². The Kier molecular flexibility index (Phi) is 5.91. The van der Waals surface area contributed by atoms with E-state index in [1.165, 1.54) is 44.9 Å². The SMILES string of the molecule is CC(C)(C)OC(=O)NC1CCCC(NC2CCCCC2)C1. The molecule has 2 aliphatic rings. The molecule has 0 heterocycles. The number of hydrogen-bond acceptors (Lipinski definition) is 3. The average molecular weight is 296 g/mol. The van der Waals surface area contributed by atoms with Crippen molar-refractivity contribution in [2.75, 3.05) is 0 Å². The third-order valence-electron chi connectivity index (χ3n) is 4.47. The number of rotatable bonds is 3. The Morgan fingerprint density at radius 3 is 2.19 bits per heavy atom. The lowest BCUT2D eigenvalue weighted by atomic mass is 9.88. The average Bonchev–Trinajstić information content (AvgIpc) is 2.38. The lowest BCUT2D eigenvalue weighted by Crippen LogP contribution is -2.48. The molecule has 2 atom stereocenters. The predicted octanol–water partition coefficient (Wildman–Crippen LogP) is 3.74. The predicted molar refractivity (Wildman–Crippen MR) is 85.4 cm³/mol. The maximum absolute atomic E-state index is 11.9. The number of hydrogen-bond donors (Lipinski definition) is 2. The Morgan fingerprint density at radius 1 is 0.905 bits per heavy atom. The first-order valence-corrected chi connectivity index (χ1v) is 8.68. The van der Waals surface area contributed by atoms with E-state index < -0.39 is 5.60 Å². The fraction of sp³-hybridized carbons (Fsp3) is 0.941. The highest BCUT2D eigenvalue weighted by atomic mass is 16.6. The van der Waals surface area contributed by atoms with Crippen molar-refractivity contribution in [3.8, 4) is 0 Å². The second-order valence-electron chi connectivity index (χ2n) is 7.71. The second kappa shape index (κ2) is 7.48. The van der Waals surface area contributed by atoms with E-state index in [4.69, 9.17) is 4.74 Å². The van der Waals surface area contributed by atoms with Gasteiger partial charge in [-0.2, -0.15) is 0 Å². The van der Waals surface area contributed by atoms with Crippen LogP contribution in [0, 0.1) is 0 Å². The molecular weight excluding hydrogens is 264 g/mol. The normalized spacial score (nSPS) is 28.1. The smallest absolute Gasteiger partial charge is 0.407 e. The van der Waals surface area contributed by atoms with Gasteiger partial charge in [-0.25, -0.2) is 4.79 Å². The molecule has 2 rings (SSSR count). The standard InChI is InChI=1S/C17H32N2O2/c1-17(2,3)21-16(20)19-15-11-7-10-14(12-15)18-13-8-5-4-6-9-13/h13-15,18H,4-12H2,1-3H3,(H,19,20). The summed E-state index contributed by atoms with van der Waals surface area (Å²) in [5, 5.41) is 6.86. The topological polar surface area (TPSA) is 50.4 Å². The first-order valence-electron chi connectivity index (χ1n) is 8.68. The molecule has 0 saturated heterocycles. The molecule has 2 fully saturated rings. The van der Waals surface area contributed by atoms with E-state index in [1.54, 1.807) is 0 Å². The van der Waals surface area contributed by atoms with Crippen LogP contribution in [0.5, 0.6) is 0 Å². The van der Waals surface area contributed by atoms with Crippen molar-refractivity contribution >= 4 is 6.09 Å². The van der Waals surface area contributed by atoms with Crippen molar-refractivity contribution in [1.82, 2.24) is 10.6 Å². The highest BCUT2D eigenvalue weighted by Gasteiger charge is 2.27. The van der Waals surface area contributed by atoms with Crippen LogP contribution in [0.3, 0.4) is 0 Å². The Bertz CT molecular complexity index is 332. The van der Waals surface area contributed by atoms with E-state index in [0.29, 0.717) is 12.1 Å². The molecule has 21 heavy (non-hydrogen) atoms. The first kappa shape index (κ1) is 16.6. The summed E-state index contributed by atoms with van der Waals surface area (Å²) in [4.78, 5) is 11.9. The van der Waals surface area contributed by atoms with E-state index >= 15 is 0 Å². The lowest BCUT2D eigenvalue weighted by Gasteiger charge is -2.34. The number of carbonyl (C=O) groups is 1. The fourth-order valence-electron chi connectivity index (χ4n) is 3.55. The van der Waals surface area contributed by atoms with Crippen molar-refractivity contribution in [1.29, 1.82) is 0 Å². The van der Waals surface area contributed by atoms with Crippen molar-refractivity contribution in [2.24, 2.45) is 0 Å². The molecule has 0 aromatic heterocycles. The molecule has 0 radical (unpaired) electrons. The van der Waals surface area contributed by atoms with Gasteiger partial charge in [-0.05, 0) is 59.3 Å². The molecule has 0 aromatic carbocycles. The van der Waals surface area contributed by atoms with Crippen LogP contribution in [-0.4, -0.2) is 29.8 Å². The Morgan fingerprint density at radius 2 is 1.52 bits per heavy atom. The third kappa shape index (κ3) is 6.25. The number of nitrogens with one attached hydrogen (secondary N) is 2. The second-order valence-corrected chi connectivity index (χ2v) is 7.71. The number of carbonyl (C=O) groups excluding carboxylic acids is 1. The molecule has 2 N–H and O–H groups in total. The molecule has 4 nitrogen and oxygen atoms in total. The van der Waals surface area contributed by atoms with Gasteiger partial charge in [0.15, 0.2) is 0 Å². The fourth-order valence-corrected chi connectivity index (χ4v) is 3.55. The van der Waals surface area contributed by atoms with E-state index in [9.17, 15) is 4.79 Å². The van der Waals surface area contributed by atoms with Gasteiger partial charge in [-0.15, -0.1) is 0 Å². The molecule has 2 saturated carbocycles. The number of alkyl carbamates (subject to hydrolysis) is 1. The van der Waals surface area contributed by atoms with Crippen LogP contribution >= 0.6 is 0 Å². The molecule has 1 amide bonds. The third-order valence-corrected chi connectivity index (χ3v) is 4.47. The van der Waals surface area contributed by atoms with Crippen molar-refractivity contribution in [3.05, 3.63) is 0 Å². The highest BCUT2D eigenvalue weighted by molar-refractivity contribution is 5.68. The molecule has 2 aliphatic carbocycles. The zero-order valence-corrected chi connectivity index (χ0v) is 13.9. The van der Waals surface area contributed by atoms with Gasteiger partial charge in [-0.3, -0.25) is 0 Å². The minimum Gasteiger partial charge on any atom is -0.444 e. The van der Waals surface area contributed by atoms with Crippen LogP contribution in [0.15, 0.2) is 0 Å². The van der Waals surface area contributed by atoms with Crippen LogP contribution in [0.25, 0.3) is 0 Å². The molecule has 0 aliphatic heterocycles. The Labute approximate surface area is 129 Å². The van der Waals surface area contributed by atoms with Crippen LogP contribution < -0.4 is 10.6 Å². The Balaban J connectivity index is 1.73. The van der Waals surface area contributed by atoms with E-state index in [0.717, 1.165) is 12.8 Å². The van der Waals surface area contributed by atoms with Crippen molar-refractivity contribution < 1.29 is 9.53 Å². The summed E-state index contributed by atoms with van der Waals surface area (Å²) in [6, 6.07) is 1.51. The minimum atomic E-state index is -0.418. The molecule has 122 valence electrons. The zero-order valence-electron chi connectivity index (χ0n) is 13.9. The van der Waals surface area contributed by atoms with Gasteiger partial charge in [0.25, 0.3) is 0 Å². The van der Waals surface area contributed by atoms with Gasteiger partial charge in [0.05, 0.1) is 0 Å². The first-order chi connectivity index (χ1) is 9.92. The van der Waals surface area contributed by atoms with Gasteiger partial charge < -0.3 is 15.4 Å². The number of ether oxygens (including phenoxy) is 1. The molecule has 0 aromatic rings. The van der Waals surface area contributed by atoms with E-state index in [2.05, 4.69) is 10.6 Å². The van der Waals surface area contributed by atoms with E-state index in [1.807, 2.05) is 20.8 Å². The van der Waals surface area contributed by atoms with Crippen LogP contribution in [0.4, 0.5) is 4.79 Å². The summed E-state index contributed by atoms with van der Waals surface area (Å²) < 4.78 is 5.36. The van der Waals surface area contributed by atoms with Gasteiger partial charge in [0, 0.05) is 18.1 Å². The quantitative estimate of drug-likeness (QED) is 0.834. The van der Waals surface area contributed by atoms with Gasteiger partial charge in [-0.1, -0.05) is 19.3 Å². The molecular formula is C17H32N2O2. The number of amides is 1. The van der Waals surface area contributed by atoms with Gasteiger partial charge >= 0.3 is 6.09 Å². The van der Waals surface area contributed by atoms with Crippen molar-refractivity contribution in [2.45, 2.75) is 102 Å². The molecule has 2 unspecified atom stereocenters. The Hall–Kier alpha value is -0.770. The monoisotopic (exact) mass is 296 g/mol. The van der Waals surface area contributed by atoms with Gasteiger partial charge in [0.1, 0.15) is 5.60 Å². The van der Waals surface area contributed by atoms with Crippen LogP contribution in [0.1, 0.15) is 78.6 Å².